The van der Waals surface area contributed by atoms with Crippen LogP contribution in [-0.4, -0.2) is 42.4 Å². The van der Waals surface area contributed by atoms with E-state index in [0.717, 1.165) is 31.5 Å². The number of nitrogens with one attached hydrogen (secondary N) is 1. The number of carbonyl (C=O) groups is 2. The summed E-state index contributed by atoms with van der Waals surface area (Å²) < 4.78 is 0. The first-order valence-corrected chi connectivity index (χ1v) is 11.6. The van der Waals surface area contributed by atoms with Crippen LogP contribution in [0.3, 0.4) is 0 Å². The normalized spacial score (nSPS) is 23.9. The molecule has 5 nitrogen and oxygen atoms in total. The Morgan fingerprint density at radius 2 is 1.76 bits per heavy atom. The summed E-state index contributed by atoms with van der Waals surface area (Å²) in [4.78, 5) is 29.8. The number of carbonyl (C=O) groups excluding carboxylic acids is 2. The van der Waals surface area contributed by atoms with E-state index in [9.17, 15) is 9.59 Å². The van der Waals surface area contributed by atoms with Gasteiger partial charge in [-0.25, -0.2) is 0 Å². The molecule has 1 aromatic carbocycles. The van der Waals surface area contributed by atoms with Gasteiger partial charge in [0.2, 0.25) is 11.8 Å². The van der Waals surface area contributed by atoms with Crippen molar-refractivity contribution in [3.05, 3.63) is 29.8 Å². The zero-order valence-corrected chi connectivity index (χ0v) is 17.6. The number of benzene rings is 1. The van der Waals surface area contributed by atoms with E-state index in [-0.39, 0.29) is 17.7 Å². The lowest BCUT2D eigenvalue weighted by molar-refractivity contribution is -0.141. The Morgan fingerprint density at radius 1 is 1.00 bits per heavy atom. The summed E-state index contributed by atoms with van der Waals surface area (Å²) in [7, 11) is 0. The molecule has 0 spiro atoms. The van der Waals surface area contributed by atoms with Crippen molar-refractivity contribution in [2.45, 2.75) is 76.8 Å². The van der Waals surface area contributed by atoms with Gasteiger partial charge in [-0.1, -0.05) is 37.8 Å². The number of hydrogen-bond acceptors (Lipinski definition) is 3. The van der Waals surface area contributed by atoms with E-state index < -0.39 is 0 Å². The van der Waals surface area contributed by atoms with E-state index in [1.807, 2.05) is 4.90 Å². The molecule has 0 radical (unpaired) electrons. The molecule has 2 aliphatic heterocycles. The molecule has 0 unspecified atom stereocenters. The summed E-state index contributed by atoms with van der Waals surface area (Å²) in [6.45, 7) is 3.42. The fourth-order valence-electron chi connectivity index (χ4n) is 5.18. The maximum Gasteiger partial charge on any atom is 0.225 e. The molecule has 4 rings (SSSR count). The Labute approximate surface area is 174 Å². The maximum atomic E-state index is 12.9. The minimum Gasteiger partial charge on any atom is -0.372 e. The summed E-state index contributed by atoms with van der Waals surface area (Å²) in [5, 5.41) is 3.14. The maximum absolute atomic E-state index is 12.9. The van der Waals surface area contributed by atoms with Gasteiger partial charge in [0.15, 0.2) is 0 Å². The van der Waals surface area contributed by atoms with Crippen molar-refractivity contribution < 1.29 is 9.59 Å². The van der Waals surface area contributed by atoms with Gasteiger partial charge in [0.05, 0.1) is 5.92 Å². The molecule has 0 bridgehead atoms. The predicted octanol–water partition coefficient (Wildman–Crippen LogP) is 3.86. The van der Waals surface area contributed by atoms with Crippen molar-refractivity contribution in [2.75, 3.05) is 24.5 Å². The summed E-state index contributed by atoms with van der Waals surface area (Å²) in [5.41, 5.74) is 2.41. The van der Waals surface area contributed by atoms with Crippen LogP contribution in [-0.2, 0) is 16.1 Å². The first-order valence-electron chi connectivity index (χ1n) is 11.6. The van der Waals surface area contributed by atoms with Gasteiger partial charge in [-0.2, -0.15) is 0 Å². The van der Waals surface area contributed by atoms with Crippen LogP contribution >= 0.6 is 0 Å². The van der Waals surface area contributed by atoms with Crippen LogP contribution in [0.5, 0.6) is 0 Å². The van der Waals surface area contributed by atoms with Crippen LogP contribution in [0.2, 0.25) is 0 Å². The minimum absolute atomic E-state index is 0.0716. The van der Waals surface area contributed by atoms with Crippen molar-refractivity contribution >= 4 is 17.5 Å². The highest BCUT2D eigenvalue weighted by atomic mass is 16.2. The molecular formula is C24H35N3O2. The zero-order chi connectivity index (χ0) is 20.1. The smallest absolute Gasteiger partial charge is 0.225 e. The standard InChI is InChI=1S/C24H35N3O2/c28-23-13-12-20(18-27(23)21-9-3-1-2-4-10-21)24(29)25-17-19-8-7-11-22(16-19)26-14-5-6-15-26/h7-8,11,16,20-21H,1-6,9-10,12-15,17-18H2,(H,25,29)/t20-/m0/s1. The summed E-state index contributed by atoms with van der Waals surface area (Å²) >= 11 is 0. The van der Waals surface area contributed by atoms with Crippen molar-refractivity contribution in [2.24, 2.45) is 5.92 Å². The van der Waals surface area contributed by atoms with Gasteiger partial charge in [0.1, 0.15) is 0 Å². The minimum atomic E-state index is -0.0716. The molecule has 1 aromatic rings. The van der Waals surface area contributed by atoms with Crippen LogP contribution in [0.15, 0.2) is 24.3 Å². The molecular weight excluding hydrogens is 362 g/mol. The van der Waals surface area contributed by atoms with Crippen LogP contribution in [0.4, 0.5) is 5.69 Å². The largest absolute Gasteiger partial charge is 0.372 e. The van der Waals surface area contributed by atoms with Gasteiger partial charge < -0.3 is 15.1 Å². The lowest BCUT2D eigenvalue weighted by Crippen LogP contribution is -2.49. The highest BCUT2D eigenvalue weighted by molar-refractivity contribution is 5.84. The number of amides is 2. The quantitative estimate of drug-likeness (QED) is 0.768. The predicted molar refractivity (Wildman–Crippen MR) is 116 cm³/mol. The van der Waals surface area contributed by atoms with Crippen molar-refractivity contribution in [1.29, 1.82) is 0 Å². The number of hydrogen-bond donors (Lipinski definition) is 1. The highest BCUT2D eigenvalue weighted by Gasteiger charge is 2.34. The molecule has 1 N–H and O–H groups in total. The Bertz CT molecular complexity index is 706. The topological polar surface area (TPSA) is 52.7 Å². The van der Waals surface area contributed by atoms with E-state index >= 15 is 0 Å². The van der Waals surface area contributed by atoms with Crippen LogP contribution in [0, 0.1) is 5.92 Å². The van der Waals surface area contributed by atoms with E-state index in [0.29, 0.717) is 32.0 Å². The molecule has 2 amide bonds. The third-order valence-corrected chi connectivity index (χ3v) is 6.93. The Kier molecular flexibility index (Phi) is 6.73. The summed E-state index contributed by atoms with van der Waals surface area (Å²) in [6.07, 6.45) is 10.9. The second-order valence-electron chi connectivity index (χ2n) is 9.01. The zero-order valence-electron chi connectivity index (χ0n) is 17.6. The molecule has 5 heteroatoms. The molecule has 3 fully saturated rings. The van der Waals surface area contributed by atoms with Gasteiger partial charge in [0.25, 0.3) is 0 Å². The van der Waals surface area contributed by atoms with E-state index in [1.165, 1.54) is 44.2 Å². The van der Waals surface area contributed by atoms with E-state index in [2.05, 4.69) is 34.5 Å². The van der Waals surface area contributed by atoms with Gasteiger partial charge in [0, 0.05) is 44.3 Å². The van der Waals surface area contributed by atoms with Crippen LogP contribution in [0.25, 0.3) is 0 Å². The first kappa shape index (κ1) is 20.2. The molecule has 158 valence electrons. The van der Waals surface area contributed by atoms with Crippen LogP contribution < -0.4 is 10.2 Å². The lowest BCUT2D eigenvalue weighted by atomic mass is 9.93. The van der Waals surface area contributed by atoms with Crippen molar-refractivity contribution in [3.63, 3.8) is 0 Å². The third kappa shape index (κ3) is 5.12. The van der Waals surface area contributed by atoms with Crippen molar-refractivity contribution in [1.82, 2.24) is 10.2 Å². The first-order chi connectivity index (χ1) is 14.2. The third-order valence-electron chi connectivity index (χ3n) is 6.93. The van der Waals surface area contributed by atoms with Gasteiger partial charge in [-0.05, 0) is 49.8 Å². The second kappa shape index (κ2) is 9.64. The average Bonchev–Trinajstić information content (AvgIpc) is 3.16. The SMILES string of the molecule is O=C(NCc1cccc(N2CCCC2)c1)[C@H]1CCC(=O)N(C2CCCCCC2)C1. The Balaban J connectivity index is 1.32. The van der Waals surface area contributed by atoms with E-state index in [1.54, 1.807) is 0 Å². The number of rotatable bonds is 5. The molecule has 3 aliphatic rings. The number of nitrogens with zero attached hydrogens (tertiary/aromatic N) is 2. The number of anilines is 1. The highest BCUT2D eigenvalue weighted by Crippen LogP contribution is 2.27. The fourth-order valence-corrected chi connectivity index (χ4v) is 5.18. The number of likely N-dealkylation sites (tertiary alicyclic amines) is 1. The fraction of sp³-hybridized carbons (Fsp3) is 0.667. The molecule has 1 atom stereocenters. The average molecular weight is 398 g/mol. The summed E-state index contributed by atoms with van der Waals surface area (Å²) in [6, 6.07) is 8.88. The van der Waals surface area contributed by atoms with E-state index in [4.69, 9.17) is 0 Å². The molecule has 29 heavy (non-hydrogen) atoms. The molecule has 2 saturated heterocycles. The molecule has 1 aliphatic carbocycles. The number of piperidine rings is 1. The Morgan fingerprint density at radius 3 is 2.52 bits per heavy atom. The van der Waals surface area contributed by atoms with Gasteiger partial charge in [-0.15, -0.1) is 0 Å². The molecule has 1 saturated carbocycles. The second-order valence-corrected chi connectivity index (χ2v) is 9.01. The summed E-state index contributed by atoms with van der Waals surface area (Å²) in [5.74, 6) is 0.277. The van der Waals surface area contributed by atoms with Crippen molar-refractivity contribution in [3.8, 4) is 0 Å². The molecule has 2 heterocycles. The molecule has 0 aromatic heterocycles. The lowest BCUT2D eigenvalue weighted by Gasteiger charge is -2.37. The Hall–Kier alpha value is -2.04. The monoisotopic (exact) mass is 397 g/mol. The van der Waals surface area contributed by atoms with Crippen LogP contribution in [0.1, 0.15) is 69.8 Å². The van der Waals surface area contributed by atoms with Gasteiger partial charge in [-0.3, -0.25) is 9.59 Å². The van der Waals surface area contributed by atoms with Gasteiger partial charge >= 0.3 is 0 Å².